The first-order valence-electron chi connectivity index (χ1n) is 10.4. The minimum Gasteiger partial charge on any atom is -0.482 e. The zero-order valence-corrected chi connectivity index (χ0v) is 17.7. The van der Waals surface area contributed by atoms with E-state index < -0.39 is 11.9 Å². The average molecular weight is 432 g/mol. The summed E-state index contributed by atoms with van der Waals surface area (Å²) in [6, 6.07) is 8.07. The van der Waals surface area contributed by atoms with Gasteiger partial charge in [0.1, 0.15) is 23.7 Å². The normalized spacial score (nSPS) is 18.0. The standard InChI is InChI=1S/C23H21FN6O2/c1-12-17-8-14(24)3-6-16(17)23(31)30(15-4-5-15)11-18-21(19(9-25)29(2)28-18)13-7-20(32-12)22(26)27-10-13/h3,6-8,10,12,15H,4-5,11H2,1-2H3,(H2,26,27)/t12-/m1/s1. The minimum absolute atomic E-state index is 0.0695. The molecule has 3 aromatic rings. The Bertz CT molecular complexity index is 1290. The molecule has 0 spiro atoms. The molecule has 1 aliphatic carbocycles. The van der Waals surface area contributed by atoms with Gasteiger partial charge in [0.05, 0.1) is 12.2 Å². The number of ether oxygens (including phenoxy) is 1. The van der Waals surface area contributed by atoms with Crippen LogP contribution in [-0.4, -0.2) is 31.6 Å². The number of carbonyl (C=O) groups excluding carboxylic acids is 1. The zero-order chi connectivity index (χ0) is 22.6. The molecule has 1 aromatic carbocycles. The highest BCUT2D eigenvalue weighted by Crippen LogP contribution is 2.38. The first kappa shape index (κ1) is 20.0. The Morgan fingerprint density at radius 1 is 1.31 bits per heavy atom. The average Bonchev–Trinajstić information content (AvgIpc) is 3.55. The molecule has 9 heteroatoms. The Balaban J connectivity index is 1.76. The number of nitrogens with zero attached hydrogens (tertiary/aromatic N) is 5. The van der Waals surface area contributed by atoms with Gasteiger partial charge < -0.3 is 15.4 Å². The molecular weight excluding hydrogens is 411 g/mol. The molecule has 1 fully saturated rings. The predicted octanol–water partition coefficient (Wildman–Crippen LogP) is 3.33. The number of aromatic nitrogens is 3. The van der Waals surface area contributed by atoms with Crippen LogP contribution in [0.15, 0.2) is 30.5 Å². The van der Waals surface area contributed by atoms with E-state index in [2.05, 4.69) is 16.2 Å². The van der Waals surface area contributed by atoms with Crippen molar-refractivity contribution in [1.29, 1.82) is 5.26 Å². The topological polar surface area (TPSA) is 110 Å². The van der Waals surface area contributed by atoms with Crippen LogP contribution in [0.2, 0.25) is 0 Å². The van der Waals surface area contributed by atoms with Gasteiger partial charge in [-0.15, -0.1) is 0 Å². The number of amides is 1. The van der Waals surface area contributed by atoms with Crippen molar-refractivity contribution in [2.75, 3.05) is 5.73 Å². The van der Waals surface area contributed by atoms with Gasteiger partial charge in [-0.1, -0.05) is 0 Å². The number of hydrogen-bond donors (Lipinski definition) is 1. The van der Waals surface area contributed by atoms with Crippen LogP contribution in [0.3, 0.4) is 0 Å². The number of nitriles is 1. The van der Waals surface area contributed by atoms with E-state index in [-0.39, 0.29) is 30.1 Å². The molecule has 1 amide bonds. The van der Waals surface area contributed by atoms with Gasteiger partial charge in [-0.05, 0) is 44.0 Å². The molecule has 32 heavy (non-hydrogen) atoms. The summed E-state index contributed by atoms with van der Waals surface area (Å²) in [5.41, 5.74) is 9.00. The number of nitrogen functional groups attached to an aromatic ring is 1. The second-order valence-electron chi connectivity index (χ2n) is 8.17. The van der Waals surface area contributed by atoms with Crippen molar-refractivity contribution in [2.45, 2.75) is 38.5 Å². The number of benzene rings is 1. The number of nitrogens with two attached hydrogens (primary N) is 1. The number of halogens is 1. The summed E-state index contributed by atoms with van der Waals surface area (Å²) >= 11 is 0. The van der Waals surface area contributed by atoms with Gasteiger partial charge in [0.25, 0.3) is 5.91 Å². The molecule has 162 valence electrons. The smallest absolute Gasteiger partial charge is 0.254 e. The number of carbonyl (C=O) groups is 1. The number of anilines is 1. The number of hydrogen-bond acceptors (Lipinski definition) is 6. The number of fused-ring (bicyclic) bond motifs is 5. The van der Waals surface area contributed by atoms with Crippen molar-refractivity contribution in [3.8, 4) is 22.9 Å². The van der Waals surface area contributed by atoms with Crippen molar-refractivity contribution in [2.24, 2.45) is 7.05 Å². The molecule has 0 radical (unpaired) electrons. The molecule has 1 saturated carbocycles. The van der Waals surface area contributed by atoms with Gasteiger partial charge in [-0.3, -0.25) is 9.48 Å². The third-order valence-corrected chi connectivity index (χ3v) is 5.95. The van der Waals surface area contributed by atoms with E-state index in [1.165, 1.54) is 22.9 Å². The summed E-state index contributed by atoms with van der Waals surface area (Å²) in [4.78, 5) is 19.7. The van der Waals surface area contributed by atoms with E-state index in [0.29, 0.717) is 33.6 Å². The molecule has 5 rings (SSSR count). The lowest BCUT2D eigenvalue weighted by molar-refractivity contribution is 0.0722. The monoisotopic (exact) mass is 432 g/mol. The van der Waals surface area contributed by atoms with Crippen LogP contribution >= 0.6 is 0 Å². The lowest BCUT2D eigenvalue weighted by Gasteiger charge is -2.26. The number of pyridine rings is 1. The third-order valence-electron chi connectivity index (χ3n) is 5.95. The molecule has 2 aromatic heterocycles. The van der Waals surface area contributed by atoms with E-state index in [9.17, 15) is 14.4 Å². The van der Waals surface area contributed by atoms with Gasteiger partial charge in [0, 0.05) is 41.5 Å². The highest BCUT2D eigenvalue weighted by molar-refractivity contribution is 5.96. The van der Waals surface area contributed by atoms with Crippen molar-refractivity contribution in [3.05, 3.63) is 58.8 Å². The molecular formula is C23H21FN6O2. The first-order chi connectivity index (χ1) is 15.4. The second kappa shape index (κ2) is 7.34. The van der Waals surface area contributed by atoms with Crippen molar-refractivity contribution < 1.29 is 13.9 Å². The first-order valence-corrected chi connectivity index (χ1v) is 10.4. The van der Waals surface area contributed by atoms with E-state index in [1.54, 1.807) is 31.1 Å². The van der Waals surface area contributed by atoms with Gasteiger partial charge in [0.2, 0.25) is 0 Å². The van der Waals surface area contributed by atoms with Crippen LogP contribution in [0.25, 0.3) is 11.1 Å². The maximum absolute atomic E-state index is 14.1. The Labute approximate surface area is 184 Å². The zero-order valence-electron chi connectivity index (χ0n) is 17.7. The molecule has 8 nitrogen and oxygen atoms in total. The largest absolute Gasteiger partial charge is 0.482 e. The quantitative estimate of drug-likeness (QED) is 0.632. The Kier molecular flexibility index (Phi) is 4.59. The summed E-state index contributed by atoms with van der Waals surface area (Å²) in [6.45, 7) is 1.96. The van der Waals surface area contributed by atoms with Gasteiger partial charge in [-0.25, -0.2) is 9.37 Å². The maximum Gasteiger partial charge on any atom is 0.254 e. The van der Waals surface area contributed by atoms with Gasteiger partial charge in [0.15, 0.2) is 11.6 Å². The van der Waals surface area contributed by atoms with E-state index >= 15 is 0 Å². The maximum atomic E-state index is 14.1. The van der Waals surface area contributed by atoms with Crippen LogP contribution in [0, 0.1) is 17.1 Å². The van der Waals surface area contributed by atoms with Gasteiger partial charge in [-0.2, -0.15) is 10.4 Å². The van der Waals surface area contributed by atoms with Crippen molar-refractivity contribution in [3.63, 3.8) is 0 Å². The predicted molar refractivity (Wildman–Crippen MR) is 114 cm³/mol. The molecule has 2 N–H and O–H groups in total. The van der Waals surface area contributed by atoms with E-state index in [4.69, 9.17) is 10.5 Å². The van der Waals surface area contributed by atoms with Crippen molar-refractivity contribution >= 4 is 11.7 Å². The Morgan fingerprint density at radius 3 is 2.81 bits per heavy atom. The highest BCUT2D eigenvalue weighted by atomic mass is 19.1. The van der Waals surface area contributed by atoms with Crippen LogP contribution < -0.4 is 10.5 Å². The molecule has 0 unspecified atom stereocenters. The molecule has 2 bridgehead atoms. The fraction of sp³-hybridized carbons (Fsp3) is 0.304. The summed E-state index contributed by atoms with van der Waals surface area (Å²) in [6.07, 6.45) is 2.68. The Hall–Kier alpha value is -3.93. The lowest BCUT2D eigenvalue weighted by atomic mass is 10.00. The molecule has 0 saturated heterocycles. The highest BCUT2D eigenvalue weighted by Gasteiger charge is 2.36. The Morgan fingerprint density at radius 2 is 2.09 bits per heavy atom. The summed E-state index contributed by atoms with van der Waals surface area (Å²) in [5, 5.41) is 14.3. The SMILES string of the molecule is C[C@H]1Oc2cc(cnc2N)-c2c(nn(C)c2C#N)CN(C2CC2)C(=O)c2ccc(F)cc21. The number of rotatable bonds is 1. The van der Waals surface area contributed by atoms with Gasteiger partial charge >= 0.3 is 0 Å². The molecule has 1 aliphatic heterocycles. The number of aryl methyl sites for hydroxylation is 1. The van der Waals surface area contributed by atoms with Crippen LogP contribution in [0.4, 0.5) is 10.2 Å². The van der Waals surface area contributed by atoms with Crippen LogP contribution in [-0.2, 0) is 13.6 Å². The second-order valence-corrected chi connectivity index (χ2v) is 8.17. The third kappa shape index (κ3) is 3.24. The lowest BCUT2D eigenvalue weighted by Crippen LogP contribution is -2.34. The molecule has 2 aliphatic rings. The van der Waals surface area contributed by atoms with E-state index in [0.717, 1.165) is 12.8 Å². The van der Waals surface area contributed by atoms with Crippen LogP contribution in [0.1, 0.15) is 53.2 Å². The van der Waals surface area contributed by atoms with Crippen molar-refractivity contribution in [1.82, 2.24) is 19.7 Å². The van der Waals surface area contributed by atoms with Crippen LogP contribution in [0.5, 0.6) is 5.75 Å². The van der Waals surface area contributed by atoms with E-state index in [1.807, 2.05) is 0 Å². The summed E-state index contributed by atoms with van der Waals surface area (Å²) in [7, 11) is 1.69. The summed E-state index contributed by atoms with van der Waals surface area (Å²) < 4.78 is 21.7. The minimum atomic E-state index is -0.659. The molecule has 1 atom stereocenters. The fourth-order valence-corrected chi connectivity index (χ4v) is 4.20. The fourth-order valence-electron chi connectivity index (χ4n) is 4.20. The molecule has 3 heterocycles. The summed E-state index contributed by atoms with van der Waals surface area (Å²) in [5.74, 6) is -0.229.